The fraction of sp³-hybridized carbons (Fsp3) is 0.308. The molecule has 1 aromatic carbocycles. The second kappa shape index (κ2) is 7.45. The van der Waals surface area contributed by atoms with Crippen molar-refractivity contribution in [2.75, 3.05) is 13.6 Å². The van der Waals surface area contributed by atoms with Crippen molar-refractivity contribution in [1.82, 2.24) is 24.4 Å². The number of amides is 1. The van der Waals surface area contributed by atoms with Gasteiger partial charge < -0.3 is 24.0 Å². The highest BCUT2D eigenvalue weighted by Gasteiger charge is 2.45. The lowest BCUT2D eigenvalue weighted by molar-refractivity contribution is -0.0507. The lowest BCUT2D eigenvalue weighted by Gasteiger charge is -2.24. The number of pyridine rings is 2. The minimum absolute atomic E-state index is 0.0301. The second-order valence-corrected chi connectivity index (χ2v) is 9.55. The van der Waals surface area contributed by atoms with Crippen LogP contribution in [0.5, 0.6) is 11.5 Å². The summed E-state index contributed by atoms with van der Waals surface area (Å²) in [6.45, 7) is -4.29. The molecule has 3 aliphatic rings. The normalized spacial score (nSPS) is 25.2. The fourth-order valence-corrected chi connectivity index (χ4v) is 5.51. The highest BCUT2D eigenvalue weighted by atomic mass is 19.3. The Bertz CT molecular complexity index is 1720. The zero-order valence-electron chi connectivity index (χ0n) is 22.4. The molecule has 1 N–H and O–H groups in total. The molecule has 0 aliphatic carbocycles. The molecule has 3 atom stereocenters. The highest BCUT2D eigenvalue weighted by molar-refractivity contribution is 5.97. The standard InChI is InChI=1S/C26H21F2N5O4/c1-26(35)11-36-19-8-12(10-29-21(19)26)14-6-7-15-22(30-14)33-16-9-17(23(33)31-15)32(2)24(34)13-4-3-5-18(20(13)16)37-25(27)28/h3-8,10,16-17,25,35H,9,11H2,1-2H3/t16-,17-,26+/m1/s1/i2D3. The van der Waals surface area contributed by atoms with Gasteiger partial charge >= 0.3 is 6.61 Å². The van der Waals surface area contributed by atoms with E-state index in [1.807, 2.05) is 0 Å². The molecule has 0 saturated carbocycles. The quantitative estimate of drug-likeness (QED) is 0.449. The molecule has 0 saturated heterocycles. The number of aliphatic hydroxyl groups is 1. The molecule has 11 heteroatoms. The zero-order chi connectivity index (χ0) is 28.1. The van der Waals surface area contributed by atoms with Gasteiger partial charge in [0.2, 0.25) is 0 Å². The lowest BCUT2D eigenvalue weighted by Crippen LogP contribution is -2.30. The predicted octanol–water partition coefficient (Wildman–Crippen LogP) is 3.81. The van der Waals surface area contributed by atoms with E-state index in [1.54, 1.807) is 35.9 Å². The third kappa shape index (κ3) is 3.10. The average Bonchev–Trinajstić information content (AvgIpc) is 3.49. The van der Waals surface area contributed by atoms with E-state index in [0.29, 0.717) is 33.9 Å². The molecular formula is C26H21F2N5O4. The Kier molecular flexibility index (Phi) is 3.84. The third-order valence-electron chi connectivity index (χ3n) is 7.16. The maximum atomic E-state index is 13.5. The summed E-state index contributed by atoms with van der Waals surface area (Å²) in [7, 11) is 0. The summed E-state index contributed by atoms with van der Waals surface area (Å²) in [6, 6.07) is 7.59. The SMILES string of the molecule is [2H]C([2H])([2H])N1C(=O)c2cccc(OC(F)F)c2[C@H]2C[C@@H]1c1nc3ccc(-c4cnc5c(c4)OC[C@]5(C)O)nc3n12. The van der Waals surface area contributed by atoms with Gasteiger partial charge in [-0.2, -0.15) is 8.78 Å². The maximum absolute atomic E-state index is 13.5. The largest absolute Gasteiger partial charge is 0.488 e. The molecule has 9 nitrogen and oxygen atoms in total. The van der Waals surface area contributed by atoms with Crippen LogP contribution in [-0.4, -0.2) is 55.6 Å². The average molecular weight is 508 g/mol. The van der Waals surface area contributed by atoms with Gasteiger partial charge in [-0.05, 0) is 37.3 Å². The van der Waals surface area contributed by atoms with Gasteiger partial charge in [0.25, 0.3) is 5.91 Å². The first kappa shape index (κ1) is 19.1. The van der Waals surface area contributed by atoms with Gasteiger partial charge in [-0.3, -0.25) is 9.78 Å². The lowest BCUT2D eigenvalue weighted by atomic mass is 9.98. The van der Waals surface area contributed by atoms with Crippen molar-refractivity contribution in [3.05, 3.63) is 65.2 Å². The van der Waals surface area contributed by atoms with E-state index < -0.39 is 37.2 Å². The summed E-state index contributed by atoms with van der Waals surface area (Å²) >= 11 is 0. The number of ether oxygens (including phenoxy) is 2. The molecule has 0 spiro atoms. The van der Waals surface area contributed by atoms with Crippen LogP contribution in [0.2, 0.25) is 0 Å². The minimum Gasteiger partial charge on any atom is -0.488 e. The molecule has 2 bridgehead atoms. The Labute approximate surface area is 213 Å². The van der Waals surface area contributed by atoms with E-state index in [2.05, 4.69) is 9.97 Å². The van der Waals surface area contributed by atoms with E-state index in [-0.39, 0.29) is 35.7 Å². The topological polar surface area (TPSA) is 103 Å². The Morgan fingerprint density at radius 3 is 2.95 bits per heavy atom. The Balaban J connectivity index is 1.43. The summed E-state index contributed by atoms with van der Waals surface area (Å²) in [5.74, 6) is -0.299. The molecule has 0 unspecified atom stereocenters. The number of benzene rings is 1. The van der Waals surface area contributed by atoms with E-state index in [1.165, 1.54) is 18.2 Å². The van der Waals surface area contributed by atoms with Gasteiger partial charge in [0, 0.05) is 40.4 Å². The zero-order valence-corrected chi connectivity index (χ0v) is 19.4. The maximum Gasteiger partial charge on any atom is 0.387 e. The summed E-state index contributed by atoms with van der Waals surface area (Å²) in [5.41, 5.74) is 1.27. The number of hydrogen-bond acceptors (Lipinski definition) is 7. The van der Waals surface area contributed by atoms with Gasteiger partial charge in [-0.15, -0.1) is 0 Å². The van der Waals surface area contributed by atoms with Crippen LogP contribution in [0.4, 0.5) is 8.78 Å². The number of fused-ring (bicyclic) bond motifs is 10. The number of nitrogens with zero attached hydrogens (tertiary/aromatic N) is 5. The van der Waals surface area contributed by atoms with Gasteiger partial charge in [-0.1, -0.05) is 6.07 Å². The molecule has 37 heavy (non-hydrogen) atoms. The van der Waals surface area contributed by atoms with Crippen molar-refractivity contribution in [1.29, 1.82) is 0 Å². The van der Waals surface area contributed by atoms with E-state index >= 15 is 0 Å². The van der Waals surface area contributed by atoms with Crippen LogP contribution in [-0.2, 0) is 5.60 Å². The number of alkyl halides is 2. The molecule has 3 aliphatic heterocycles. The number of carbonyl (C=O) groups excluding carboxylic acids is 1. The number of carbonyl (C=O) groups is 1. The number of halogens is 2. The van der Waals surface area contributed by atoms with Crippen LogP contribution >= 0.6 is 0 Å². The van der Waals surface area contributed by atoms with Gasteiger partial charge in [0.1, 0.15) is 40.7 Å². The first-order valence-electron chi connectivity index (χ1n) is 13.1. The summed E-state index contributed by atoms with van der Waals surface area (Å²) in [5, 5.41) is 10.5. The predicted molar refractivity (Wildman–Crippen MR) is 126 cm³/mol. The molecule has 6 heterocycles. The summed E-state index contributed by atoms with van der Waals surface area (Å²) in [6.07, 6.45) is 1.66. The fourth-order valence-electron chi connectivity index (χ4n) is 5.51. The molecule has 7 rings (SSSR count). The van der Waals surface area contributed by atoms with E-state index in [9.17, 15) is 18.7 Å². The van der Waals surface area contributed by atoms with Crippen molar-refractivity contribution in [3.8, 4) is 22.8 Å². The summed E-state index contributed by atoms with van der Waals surface area (Å²) < 4.78 is 63.3. The smallest absolute Gasteiger partial charge is 0.387 e. The van der Waals surface area contributed by atoms with Crippen molar-refractivity contribution in [2.45, 2.75) is 37.6 Å². The number of aromatic nitrogens is 4. The monoisotopic (exact) mass is 508 g/mol. The third-order valence-corrected chi connectivity index (χ3v) is 7.16. The summed E-state index contributed by atoms with van der Waals surface area (Å²) in [4.78, 5) is 28.2. The first-order valence-corrected chi connectivity index (χ1v) is 11.6. The number of rotatable bonds is 3. The van der Waals surface area contributed by atoms with Crippen LogP contribution in [0.25, 0.3) is 22.4 Å². The van der Waals surface area contributed by atoms with Crippen molar-refractivity contribution < 1.29 is 32.3 Å². The van der Waals surface area contributed by atoms with Crippen LogP contribution < -0.4 is 9.47 Å². The van der Waals surface area contributed by atoms with Gasteiger partial charge in [-0.25, -0.2) is 9.97 Å². The van der Waals surface area contributed by atoms with Crippen LogP contribution in [0.1, 0.15) is 57.0 Å². The van der Waals surface area contributed by atoms with Crippen molar-refractivity contribution >= 4 is 17.1 Å². The van der Waals surface area contributed by atoms with Crippen molar-refractivity contribution in [2.24, 2.45) is 0 Å². The van der Waals surface area contributed by atoms with Gasteiger partial charge in [0.15, 0.2) is 5.65 Å². The molecule has 0 fully saturated rings. The van der Waals surface area contributed by atoms with Crippen molar-refractivity contribution in [3.63, 3.8) is 0 Å². The van der Waals surface area contributed by atoms with Crippen LogP contribution in [0, 0.1) is 0 Å². The number of imidazole rings is 1. The first-order chi connectivity index (χ1) is 18.9. The Morgan fingerprint density at radius 2 is 2.14 bits per heavy atom. The van der Waals surface area contributed by atoms with Crippen LogP contribution in [0.3, 0.4) is 0 Å². The number of hydrogen-bond donors (Lipinski definition) is 1. The molecule has 188 valence electrons. The highest BCUT2D eigenvalue weighted by Crippen LogP contribution is 2.50. The molecule has 3 aromatic heterocycles. The van der Waals surface area contributed by atoms with E-state index in [4.69, 9.17) is 18.6 Å². The van der Waals surface area contributed by atoms with Crippen LogP contribution in [0.15, 0.2) is 42.6 Å². The molecular weight excluding hydrogens is 484 g/mol. The molecule has 1 amide bonds. The second-order valence-electron chi connectivity index (χ2n) is 9.55. The van der Waals surface area contributed by atoms with Gasteiger partial charge in [0.05, 0.1) is 17.8 Å². The minimum atomic E-state index is -3.15. The van der Waals surface area contributed by atoms with E-state index in [0.717, 1.165) is 4.90 Å². The molecule has 0 radical (unpaired) electrons. The molecule has 4 aromatic rings. The Hall–Kier alpha value is -4.12. The Morgan fingerprint density at radius 1 is 1.27 bits per heavy atom.